The van der Waals surface area contributed by atoms with E-state index in [0.717, 1.165) is 24.7 Å². The first kappa shape index (κ1) is 13.3. The standard InChI is InChI=1S/C18H26OS/c1-17-7-14-6-15(8-17)10-18(9-14,12-17)16(19)3-2-13-4-5-20-11-13/h4-5,11,14-16,19H,2-3,6-10,12H2,1H3. The maximum Gasteiger partial charge on any atom is 0.0600 e. The van der Waals surface area contributed by atoms with Crippen LogP contribution in [-0.2, 0) is 6.42 Å². The number of aliphatic hydroxyl groups is 1. The van der Waals surface area contributed by atoms with Crippen molar-refractivity contribution in [1.29, 1.82) is 0 Å². The molecule has 0 aliphatic heterocycles. The Morgan fingerprint density at radius 3 is 2.65 bits per heavy atom. The van der Waals surface area contributed by atoms with Gasteiger partial charge in [0.15, 0.2) is 0 Å². The highest BCUT2D eigenvalue weighted by Crippen LogP contribution is 2.66. The lowest BCUT2D eigenvalue weighted by atomic mass is 9.43. The molecular weight excluding hydrogens is 264 g/mol. The molecule has 4 aliphatic carbocycles. The van der Waals surface area contributed by atoms with E-state index in [2.05, 4.69) is 23.8 Å². The van der Waals surface area contributed by atoms with Crippen LogP contribution in [0.4, 0.5) is 0 Å². The first-order valence-electron chi connectivity index (χ1n) is 8.26. The molecule has 1 N–H and O–H groups in total. The van der Waals surface area contributed by atoms with Gasteiger partial charge in [-0.05, 0) is 96.4 Å². The Morgan fingerprint density at radius 2 is 2.05 bits per heavy atom. The SMILES string of the molecule is CC12CC3CC(C1)CC(C(O)CCc1ccsc1)(C3)C2. The van der Waals surface area contributed by atoms with Crippen molar-refractivity contribution in [2.75, 3.05) is 0 Å². The van der Waals surface area contributed by atoms with Crippen LogP contribution in [0.5, 0.6) is 0 Å². The Kier molecular flexibility index (Phi) is 3.05. The zero-order valence-corrected chi connectivity index (χ0v) is 13.3. The molecule has 3 atom stereocenters. The minimum absolute atomic E-state index is 0.0763. The van der Waals surface area contributed by atoms with E-state index in [9.17, 15) is 5.11 Å². The van der Waals surface area contributed by atoms with Crippen molar-refractivity contribution in [3.05, 3.63) is 22.4 Å². The summed E-state index contributed by atoms with van der Waals surface area (Å²) in [5, 5.41) is 15.3. The maximum absolute atomic E-state index is 10.9. The van der Waals surface area contributed by atoms with Gasteiger partial charge in [0.1, 0.15) is 0 Å². The fourth-order valence-corrected chi connectivity index (χ4v) is 6.94. The van der Waals surface area contributed by atoms with E-state index in [1.54, 1.807) is 11.3 Å². The van der Waals surface area contributed by atoms with Crippen molar-refractivity contribution in [2.45, 2.75) is 64.4 Å². The molecule has 5 rings (SSSR count). The molecule has 0 amide bonds. The van der Waals surface area contributed by atoms with Crippen LogP contribution in [0.25, 0.3) is 0 Å². The fraction of sp³-hybridized carbons (Fsp3) is 0.778. The van der Waals surface area contributed by atoms with E-state index < -0.39 is 0 Å². The van der Waals surface area contributed by atoms with Gasteiger partial charge in [0.25, 0.3) is 0 Å². The quantitative estimate of drug-likeness (QED) is 0.856. The van der Waals surface area contributed by atoms with Gasteiger partial charge < -0.3 is 5.11 Å². The number of hydrogen-bond donors (Lipinski definition) is 1. The third kappa shape index (κ3) is 2.16. The lowest BCUT2D eigenvalue weighted by Gasteiger charge is -2.62. The summed E-state index contributed by atoms with van der Waals surface area (Å²) in [7, 11) is 0. The molecule has 0 radical (unpaired) electrons. The number of rotatable bonds is 4. The highest BCUT2D eigenvalue weighted by atomic mass is 32.1. The molecule has 0 saturated heterocycles. The minimum atomic E-state index is -0.0763. The predicted molar refractivity (Wildman–Crippen MR) is 83.9 cm³/mol. The van der Waals surface area contributed by atoms with Crippen molar-refractivity contribution in [3.63, 3.8) is 0 Å². The summed E-state index contributed by atoms with van der Waals surface area (Å²) < 4.78 is 0. The van der Waals surface area contributed by atoms with Crippen LogP contribution >= 0.6 is 11.3 Å². The van der Waals surface area contributed by atoms with Crippen LogP contribution in [0.2, 0.25) is 0 Å². The van der Waals surface area contributed by atoms with Gasteiger partial charge in [0, 0.05) is 0 Å². The Labute approximate surface area is 126 Å². The van der Waals surface area contributed by atoms with Gasteiger partial charge >= 0.3 is 0 Å². The molecule has 1 nitrogen and oxygen atoms in total. The van der Waals surface area contributed by atoms with E-state index in [0.29, 0.717) is 5.41 Å². The Morgan fingerprint density at radius 1 is 1.30 bits per heavy atom. The lowest BCUT2D eigenvalue weighted by molar-refractivity contribution is -0.154. The summed E-state index contributed by atoms with van der Waals surface area (Å²) >= 11 is 1.77. The molecule has 0 spiro atoms. The summed E-state index contributed by atoms with van der Waals surface area (Å²) in [4.78, 5) is 0. The van der Waals surface area contributed by atoms with E-state index >= 15 is 0 Å². The molecule has 4 fully saturated rings. The van der Waals surface area contributed by atoms with Crippen molar-refractivity contribution in [3.8, 4) is 0 Å². The lowest BCUT2D eigenvalue weighted by Crippen LogP contribution is -2.55. The monoisotopic (exact) mass is 290 g/mol. The van der Waals surface area contributed by atoms with Crippen LogP contribution < -0.4 is 0 Å². The topological polar surface area (TPSA) is 20.2 Å². The van der Waals surface area contributed by atoms with Gasteiger partial charge in [-0.25, -0.2) is 0 Å². The fourth-order valence-electron chi connectivity index (χ4n) is 6.23. The number of hydrogen-bond acceptors (Lipinski definition) is 2. The van der Waals surface area contributed by atoms with Gasteiger partial charge in [-0.1, -0.05) is 6.92 Å². The van der Waals surface area contributed by atoms with Gasteiger partial charge in [-0.15, -0.1) is 0 Å². The molecule has 1 aromatic heterocycles. The van der Waals surface area contributed by atoms with Crippen LogP contribution in [0.3, 0.4) is 0 Å². The Balaban J connectivity index is 1.49. The van der Waals surface area contributed by atoms with Crippen molar-refractivity contribution >= 4 is 11.3 Å². The highest BCUT2D eigenvalue weighted by Gasteiger charge is 2.57. The average molecular weight is 290 g/mol. The number of aryl methyl sites for hydroxylation is 1. The van der Waals surface area contributed by atoms with Crippen LogP contribution in [-0.4, -0.2) is 11.2 Å². The summed E-state index contributed by atoms with van der Waals surface area (Å²) in [5.74, 6) is 1.83. The van der Waals surface area contributed by atoms with Crippen molar-refractivity contribution in [1.82, 2.24) is 0 Å². The number of aliphatic hydroxyl groups excluding tert-OH is 1. The third-order valence-corrected chi connectivity index (χ3v) is 7.12. The largest absolute Gasteiger partial charge is 0.393 e. The van der Waals surface area contributed by atoms with E-state index in [1.807, 2.05) is 0 Å². The first-order valence-corrected chi connectivity index (χ1v) is 9.20. The first-order chi connectivity index (χ1) is 9.57. The van der Waals surface area contributed by atoms with E-state index in [1.165, 1.54) is 44.1 Å². The maximum atomic E-state index is 10.9. The van der Waals surface area contributed by atoms with E-state index in [-0.39, 0.29) is 11.5 Å². The zero-order valence-electron chi connectivity index (χ0n) is 12.5. The molecular formula is C18H26OS. The second-order valence-electron chi connectivity index (χ2n) is 8.32. The zero-order chi connectivity index (χ0) is 13.8. The van der Waals surface area contributed by atoms with Crippen molar-refractivity contribution in [2.24, 2.45) is 22.7 Å². The summed E-state index contributed by atoms with van der Waals surface area (Å²) in [6.07, 6.45) is 10.2. The number of thiophene rings is 1. The molecule has 20 heavy (non-hydrogen) atoms. The van der Waals surface area contributed by atoms with Crippen molar-refractivity contribution < 1.29 is 5.11 Å². The van der Waals surface area contributed by atoms with Gasteiger partial charge in [-0.2, -0.15) is 11.3 Å². The Hall–Kier alpha value is -0.340. The molecule has 3 unspecified atom stereocenters. The molecule has 4 aliphatic rings. The predicted octanol–water partition coefficient (Wildman–Crippen LogP) is 4.65. The average Bonchev–Trinajstić information content (AvgIpc) is 2.85. The van der Waals surface area contributed by atoms with Crippen LogP contribution in [0.1, 0.15) is 57.4 Å². The molecule has 110 valence electrons. The highest BCUT2D eigenvalue weighted by molar-refractivity contribution is 7.07. The summed E-state index contributed by atoms with van der Waals surface area (Å²) in [6, 6.07) is 2.21. The summed E-state index contributed by atoms with van der Waals surface area (Å²) in [6.45, 7) is 2.49. The third-order valence-electron chi connectivity index (χ3n) is 6.39. The molecule has 1 aromatic rings. The van der Waals surface area contributed by atoms with Gasteiger partial charge in [-0.3, -0.25) is 0 Å². The van der Waals surface area contributed by atoms with Gasteiger partial charge in [0.05, 0.1) is 6.10 Å². The van der Waals surface area contributed by atoms with Crippen LogP contribution in [0, 0.1) is 22.7 Å². The second kappa shape index (κ2) is 4.58. The molecule has 0 aromatic carbocycles. The smallest absolute Gasteiger partial charge is 0.0600 e. The Bertz CT molecular complexity index is 464. The normalized spacial score (nSPS) is 43.9. The molecule has 4 bridgehead atoms. The minimum Gasteiger partial charge on any atom is -0.393 e. The van der Waals surface area contributed by atoms with E-state index in [4.69, 9.17) is 0 Å². The molecule has 4 saturated carbocycles. The van der Waals surface area contributed by atoms with Gasteiger partial charge in [0.2, 0.25) is 0 Å². The molecule has 1 heterocycles. The molecule has 2 heteroatoms. The second-order valence-corrected chi connectivity index (χ2v) is 9.10. The van der Waals surface area contributed by atoms with Crippen LogP contribution in [0.15, 0.2) is 16.8 Å². The summed E-state index contributed by atoms with van der Waals surface area (Å²) in [5.41, 5.74) is 2.23.